The molecule has 0 radical (unpaired) electrons. The van der Waals surface area contributed by atoms with Gasteiger partial charge < -0.3 is 24.4 Å². The van der Waals surface area contributed by atoms with Crippen LogP contribution in [0.2, 0.25) is 0 Å². The first-order valence-electron chi connectivity index (χ1n) is 8.99. The molecule has 7 nitrogen and oxygen atoms in total. The van der Waals surface area contributed by atoms with E-state index in [0.29, 0.717) is 47.2 Å². The SMILES string of the molecule is CCN(CC)C(=O)c1ccc(C(=O)Nc2cc(OC)c(OC)c(OC)c2)cc1. The smallest absolute Gasteiger partial charge is 0.255 e. The van der Waals surface area contributed by atoms with E-state index in [9.17, 15) is 9.59 Å². The molecule has 2 aromatic carbocycles. The highest BCUT2D eigenvalue weighted by atomic mass is 16.5. The van der Waals surface area contributed by atoms with Crippen molar-refractivity contribution in [2.24, 2.45) is 0 Å². The van der Waals surface area contributed by atoms with Crippen LogP contribution in [0.3, 0.4) is 0 Å². The minimum Gasteiger partial charge on any atom is -0.493 e. The zero-order chi connectivity index (χ0) is 20.7. The van der Waals surface area contributed by atoms with E-state index in [0.717, 1.165) is 0 Å². The molecule has 150 valence electrons. The summed E-state index contributed by atoms with van der Waals surface area (Å²) in [4.78, 5) is 26.7. The Labute approximate surface area is 165 Å². The molecule has 1 N–H and O–H groups in total. The second-order valence-corrected chi connectivity index (χ2v) is 5.92. The topological polar surface area (TPSA) is 77.1 Å². The van der Waals surface area contributed by atoms with Crippen LogP contribution in [-0.4, -0.2) is 51.1 Å². The average molecular weight is 386 g/mol. The van der Waals surface area contributed by atoms with Crippen molar-refractivity contribution in [1.29, 1.82) is 0 Å². The fraction of sp³-hybridized carbons (Fsp3) is 0.333. The number of hydrogen-bond donors (Lipinski definition) is 1. The summed E-state index contributed by atoms with van der Waals surface area (Å²) >= 11 is 0. The summed E-state index contributed by atoms with van der Waals surface area (Å²) in [5.74, 6) is 0.967. The Kier molecular flexibility index (Phi) is 7.26. The van der Waals surface area contributed by atoms with Gasteiger partial charge in [-0.25, -0.2) is 0 Å². The first kappa shape index (κ1) is 21.1. The van der Waals surface area contributed by atoms with Gasteiger partial charge in [-0.15, -0.1) is 0 Å². The van der Waals surface area contributed by atoms with Crippen LogP contribution >= 0.6 is 0 Å². The molecule has 0 atom stereocenters. The number of anilines is 1. The van der Waals surface area contributed by atoms with Crippen LogP contribution in [0.1, 0.15) is 34.6 Å². The van der Waals surface area contributed by atoms with Gasteiger partial charge >= 0.3 is 0 Å². The van der Waals surface area contributed by atoms with Crippen molar-refractivity contribution < 1.29 is 23.8 Å². The van der Waals surface area contributed by atoms with Gasteiger partial charge in [0.25, 0.3) is 11.8 Å². The fourth-order valence-corrected chi connectivity index (χ4v) is 2.81. The molecular formula is C21H26N2O5. The maximum atomic E-state index is 12.6. The molecule has 0 aliphatic rings. The van der Waals surface area contributed by atoms with E-state index < -0.39 is 0 Å². The molecule has 0 bridgehead atoms. The Morgan fingerprint density at radius 3 is 1.79 bits per heavy atom. The molecule has 28 heavy (non-hydrogen) atoms. The second-order valence-electron chi connectivity index (χ2n) is 5.92. The van der Waals surface area contributed by atoms with E-state index in [1.165, 1.54) is 21.3 Å². The van der Waals surface area contributed by atoms with Gasteiger partial charge in [-0.05, 0) is 38.1 Å². The Hall–Kier alpha value is -3.22. The maximum absolute atomic E-state index is 12.6. The van der Waals surface area contributed by atoms with Gasteiger partial charge in [0.1, 0.15) is 0 Å². The number of methoxy groups -OCH3 is 3. The molecule has 0 saturated heterocycles. The summed E-state index contributed by atoms with van der Waals surface area (Å²) in [6.45, 7) is 5.14. The number of nitrogens with zero attached hydrogens (tertiary/aromatic N) is 1. The normalized spacial score (nSPS) is 10.2. The van der Waals surface area contributed by atoms with Crippen LogP contribution in [-0.2, 0) is 0 Å². The zero-order valence-electron chi connectivity index (χ0n) is 16.9. The third-order valence-corrected chi connectivity index (χ3v) is 4.37. The van der Waals surface area contributed by atoms with Crippen LogP contribution in [0, 0.1) is 0 Å². The van der Waals surface area contributed by atoms with Crippen LogP contribution in [0.4, 0.5) is 5.69 Å². The molecule has 2 rings (SSSR count). The van der Waals surface area contributed by atoms with Gasteiger partial charge in [-0.2, -0.15) is 0 Å². The number of nitrogens with one attached hydrogen (secondary N) is 1. The Balaban J connectivity index is 2.20. The lowest BCUT2D eigenvalue weighted by atomic mass is 10.1. The minimum absolute atomic E-state index is 0.0541. The van der Waals surface area contributed by atoms with E-state index in [1.807, 2.05) is 13.8 Å². The zero-order valence-corrected chi connectivity index (χ0v) is 16.9. The molecule has 0 spiro atoms. The van der Waals surface area contributed by atoms with Crippen LogP contribution in [0.15, 0.2) is 36.4 Å². The monoisotopic (exact) mass is 386 g/mol. The van der Waals surface area contributed by atoms with E-state index in [-0.39, 0.29) is 11.8 Å². The molecule has 2 aromatic rings. The number of hydrogen-bond acceptors (Lipinski definition) is 5. The Bertz CT molecular complexity index is 804. The van der Waals surface area contributed by atoms with Crippen LogP contribution in [0.25, 0.3) is 0 Å². The molecule has 7 heteroatoms. The van der Waals surface area contributed by atoms with Crippen molar-refractivity contribution in [3.63, 3.8) is 0 Å². The van der Waals surface area contributed by atoms with E-state index >= 15 is 0 Å². The highest BCUT2D eigenvalue weighted by Crippen LogP contribution is 2.40. The third kappa shape index (κ3) is 4.54. The Morgan fingerprint density at radius 2 is 1.36 bits per heavy atom. The molecule has 0 aliphatic carbocycles. The Morgan fingerprint density at radius 1 is 0.857 bits per heavy atom. The third-order valence-electron chi connectivity index (χ3n) is 4.37. The van der Waals surface area contributed by atoms with Crippen molar-refractivity contribution in [3.8, 4) is 17.2 Å². The van der Waals surface area contributed by atoms with Gasteiger partial charge in [0.05, 0.1) is 21.3 Å². The number of carbonyl (C=O) groups excluding carboxylic acids is 2. The van der Waals surface area contributed by atoms with Crippen molar-refractivity contribution in [2.75, 3.05) is 39.7 Å². The minimum atomic E-state index is -0.309. The molecule has 2 amide bonds. The van der Waals surface area contributed by atoms with Crippen molar-refractivity contribution >= 4 is 17.5 Å². The number of benzene rings is 2. The highest BCUT2D eigenvalue weighted by molar-refractivity contribution is 6.05. The van der Waals surface area contributed by atoms with E-state index in [2.05, 4.69) is 5.32 Å². The summed E-state index contributed by atoms with van der Waals surface area (Å²) < 4.78 is 15.9. The van der Waals surface area contributed by atoms with Crippen LogP contribution in [0.5, 0.6) is 17.2 Å². The second kappa shape index (κ2) is 9.64. The lowest BCUT2D eigenvalue weighted by molar-refractivity contribution is 0.0772. The molecule has 0 aliphatic heterocycles. The number of carbonyl (C=O) groups is 2. The predicted molar refractivity (Wildman–Crippen MR) is 108 cm³/mol. The molecule has 0 unspecified atom stereocenters. The van der Waals surface area contributed by atoms with Gasteiger partial charge in [0.15, 0.2) is 11.5 Å². The largest absolute Gasteiger partial charge is 0.493 e. The van der Waals surface area contributed by atoms with Crippen molar-refractivity contribution in [2.45, 2.75) is 13.8 Å². The van der Waals surface area contributed by atoms with Crippen molar-refractivity contribution in [3.05, 3.63) is 47.5 Å². The van der Waals surface area contributed by atoms with Gasteiger partial charge in [0.2, 0.25) is 5.75 Å². The molecule has 0 heterocycles. The van der Waals surface area contributed by atoms with Crippen LogP contribution < -0.4 is 19.5 Å². The molecule has 0 saturated carbocycles. The van der Waals surface area contributed by atoms with Gasteiger partial charge in [-0.3, -0.25) is 9.59 Å². The van der Waals surface area contributed by atoms with E-state index in [1.54, 1.807) is 41.3 Å². The molecule has 0 aromatic heterocycles. The quantitative estimate of drug-likeness (QED) is 0.752. The standard InChI is InChI=1S/C21H26N2O5/c1-6-23(7-2)21(25)15-10-8-14(9-11-15)20(24)22-16-12-17(26-3)19(28-5)18(13-16)27-4/h8-13H,6-7H2,1-5H3,(H,22,24). The summed E-state index contributed by atoms with van der Waals surface area (Å²) in [5, 5.41) is 2.80. The number of ether oxygens (including phenoxy) is 3. The highest BCUT2D eigenvalue weighted by Gasteiger charge is 2.16. The summed E-state index contributed by atoms with van der Waals surface area (Å²) in [7, 11) is 4.53. The maximum Gasteiger partial charge on any atom is 0.255 e. The summed E-state index contributed by atoms with van der Waals surface area (Å²) in [6.07, 6.45) is 0. The van der Waals surface area contributed by atoms with Crippen molar-refractivity contribution in [1.82, 2.24) is 4.90 Å². The first-order valence-corrected chi connectivity index (χ1v) is 8.99. The number of rotatable bonds is 8. The van der Waals surface area contributed by atoms with Gasteiger partial charge in [-0.1, -0.05) is 0 Å². The van der Waals surface area contributed by atoms with Gasteiger partial charge in [0, 0.05) is 42.0 Å². The predicted octanol–water partition coefficient (Wildman–Crippen LogP) is 3.45. The summed E-state index contributed by atoms with van der Waals surface area (Å²) in [5.41, 5.74) is 1.49. The molecular weight excluding hydrogens is 360 g/mol. The number of amides is 2. The average Bonchev–Trinajstić information content (AvgIpc) is 2.73. The molecule has 0 fully saturated rings. The van der Waals surface area contributed by atoms with E-state index in [4.69, 9.17) is 14.2 Å². The summed E-state index contributed by atoms with van der Waals surface area (Å²) in [6, 6.07) is 9.87. The lowest BCUT2D eigenvalue weighted by Crippen LogP contribution is -2.30. The fourth-order valence-electron chi connectivity index (χ4n) is 2.81. The first-order chi connectivity index (χ1) is 13.5. The lowest BCUT2D eigenvalue weighted by Gasteiger charge is -2.18.